The van der Waals surface area contributed by atoms with Crippen LogP contribution in [0.5, 0.6) is 0 Å². The van der Waals surface area contributed by atoms with Gasteiger partial charge in [-0.2, -0.15) is 0 Å². The minimum absolute atomic E-state index is 0.108. The second-order valence-electron chi connectivity index (χ2n) is 7.10. The normalized spacial score (nSPS) is 13.3. The molecule has 0 aliphatic carbocycles. The number of hydrogen-bond acceptors (Lipinski definition) is 3. The van der Waals surface area contributed by atoms with Crippen molar-refractivity contribution < 1.29 is 9.59 Å². The number of para-hydroxylation sites is 3. The van der Waals surface area contributed by atoms with Crippen LogP contribution in [-0.4, -0.2) is 24.1 Å². The van der Waals surface area contributed by atoms with Crippen molar-refractivity contribution in [2.75, 3.05) is 16.8 Å². The van der Waals surface area contributed by atoms with E-state index in [9.17, 15) is 9.59 Å². The van der Waals surface area contributed by atoms with Crippen LogP contribution in [0.15, 0.2) is 77.8 Å². The molecule has 0 bridgehead atoms. The molecule has 5 nitrogen and oxygen atoms in total. The molecule has 1 aliphatic heterocycles. The number of aryl methyl sites for hydroxylation is 1. The van der Waals surface area contributed by atoms with E-state index in [1.54, 1.807) is 30.3 Å². The highest BCUT2D eigenvalue weighted by Crippen LogP contribution is 2.33. The van der Waals surface area contributed by atoms with Gasteiger partial charge in [0.2, 0.25) is 11.8 Å². The van der Waals surface area contributed by atoms with Crippen LogP contribution in [-0.2, 0) is 9.59 Å². The molecular formula is C24H20ClN3O2. The highest BCUT2D eigenvalue weighted by atomic mass is 35.5. The van der Waals surface area contributed by atoms with Gasteiger partial charge in [0, 0.05) is 0 Å². The van der Waals surface area contributed by atoms with E-state index < -0.39 is 0 Å². The Morgan fingerprint density at radius 1 is 1.03 bits per heavy atom. The Balaban J connectivity index is 1.62. The van der Waals surface area contributed by atoms with E-state index >= 15 is 0 Å². The molecule has 0 aromatic heterocycles. The molecule has 3 aromatic carbocycles. The summed E-state index contributed by atoms with van der Waals surface area (Å²) in [5.74, 6) is -0.515. The van der Waals surface area contributed by atoms with Crippen molar-refractivity contribution in [2.45, 2.75) is 13.3 Å². The maximum absolute atomic E-state index is 13.1. The van der Waals surface area contributed by atoms with Crippen LogP contribution in [0.1, 0.15) is 17.5 Å². The molecule has 0 radical (unpaired) electrons. The predicted molar refractivity (Wildman–Crippen MR) is 121 cm³/mol. The van der Waals surface area contributed by atoms with Crippen LogP contribution in [0, 0.1) is 6.92 Å². The van der Waals surface area contributed by atoms with Gasteiger partial charge in [0.25, 0.3) is 0 Å². The van der Waals surface area contributed by atoms with E-state index in [4.69, 9.17) is 16.6 Å². The van der Waals surface area contributed by atoms with Crippen LogP contribution in [0.4, 0.5) is 17.1 Å². The first-order valence-corrected chi connectivity index (χ1v) is 9.97. The summed E-state index contributed by atoms with van der Waals surface area (Å²) in [4.78, 5) is 32.0. The molecule has 1 heterocycles. The molecule has 0 saturated carbocycles. The van der Waals surface area contributed by atoms with Gasteiger partial charge in [-0.3, -0.25) is 14.6 Å². The molecule has 1 aliphatic rings. The lowest BCUT2D eigenvalue weighted by molar-refractivity contribution is -0.120. The van der Waals surface area contributed by atoms with Crippen LogP contribution >= 0.6 is 11.6 Å². The van der Waals surface area contributed by atoms with Gasteiger partial charge in [-0.05, 0) is 36.8 Å². The number of halogens is 1. The second kappa shape index (κ2) is 8.51. The lowest BCUT2D eigenvalue weighted by atomic mass is 10.1. The number of nitrogens with one attached hydrogen (secondary N) is 1. The van der Waals surface area contributed by atoms with E-state index in [0.29, 0.717) is 27.8 Å². The van der Waals surface area contributed by atoms with Gasteiger partial charge >= 0.3 is 0 Å². The monoisotopic (exact) mass is 417 g/mol. The summed E-state index contributed by atoms with van der Waals surface area (Å²) in [7, 11) is 0. The van der Waals surface area contributed by atoms with Gasteiger partial charge in [-0.15, -0.1) is 0 Å². The van der Waals surface area contributed by atoms with Gasteiger partial charge < -0.3 is 10.2 Å². The highest BCUT2D eigenvalue weighted by Gasteiger charge is 2.26. The first kappa shape index (κ1) is 19.9. The maximum atomic E-state index is 13.1. The summed E-state index contributed by atoms with van der Waals surface area (Å²) in [6.45, 7) is 1.89. The standard InChI is InChI=1S/C24H20ClN3O2/c1-16-10-12-17(13-11-16)21-14-24(30)28(22-9-5-4-8-20(22)26-21)15-23(29)27-19-7-3-2-6-18(19)25/h2-13H,14-15H2,1H3,(H,27,29). The van der Waals surface area contributed by atoms with E-state index in [-0.39, 0.29) is 24.8 Å². The first-order chi connectivity index (χ1) is 14.5. The minimum Gasteiger partial charge on any atom is -0.323 e. The average Bonchev–Trinajstić information content (AvgIpc) is 2.87. The molecule has 3 aromatic rings. The van der Waals surface area contributed by atoms with Crippen molar-refractivity contribution in [3.8, 4) is 0 Å². The Kier molecular flexibility index (Phi) is 5.63. The summed E-state index contributed by atoms with van der Waals surface area (Å²) >= 11 is 6.13. The summed E-state index contributed by atoms with van der Waals surface area (Å²) < 4.78 is 0. The van der Waals surface area contributed by atoms with Gasteiger partial charge in [-0.1, -0.05) is 65.7 Å². The smallest absolute Gasteiger partial charge is 0.244 e. The molecule has 0 fully saturated rings. The van der Waals surface area contributed by atoms with Crippen molar-refractivity contribution in [1.29, 1.82) is 0 Å². The van der Waals surface area contributed by atoms with Gasteiger partial charge in [-0.25, -0.2) is 0 Å². The van der Waals surface area contributed by atoms with Crippen LogP contribution in [0.2, 0.25) is 5.02 Å². The maximum Gasteiger partial charge on any atom is 0.244 e. The minimum atomic E-state index is -0.329. The van der Waals surface area contributed by atoms with Crippen LogP contribution in [0.25, 0.3) is 0 Å². The molecular weight excluding hydrogens is 398 g/mol. The van der Waals surface area contributed by atoms with E-state index in [1.165, 1.54) is 4.90 Å². The van der Waals surface area contributed by atoms with Gasteiger partial charge in [0.05, 0.1) is 34.2 Å². The largest absolute Gasteiger partial charge is 0.323 e. The second-order valence-corrected chi connectivity index (χ2v) is 7.51. The van der Waals surface area contributed by atoms with Crippen molar-refractivity contribution in [3.63, 3.8) is 0 Å². The number of fused-ring (bicyclic) bond motifs is 1. The Bertz CT molecular complexity index is 1140. The summed E-state index contributed by atoms with van der Waals surface area (Å²) in [6.07, 6.45) is 0.108. The number of amides is 2. The summed E-state index contributed by atoms with van der Waals surface area (Å²) in [6, 6.07) is 22.3. The molecule has 0 atom stereocenters. The molecule has 150 valence electrons. The summed E-state index contributed by atoms with van der Waals surface area (Å²) in [5.41, 5.74) is 4.49. The fourth-order valence-electron chi connectivity index (χ4n) is 3.33. The number of hydrogen-bond donors (Lipinski definition) is 1. The molecule has 0 spiro atoms. The third kappa shape index (κ3) is 4.26. The number of aliphatic imine (C=N–C) groups is 1. The van der Waals surface area contributed by atoms with Crippen LogP contribution in [0.3, 0.4) is 0 Å². The van der Waals surface area contributed by atoms with Crippen molar-refractivity contribution >= 4 is 46.2 Å². The third-order valence-corrected chi connectivity index (χ3v) is 5.21. The van der Waals surface area contributed by atoms with Crippen molar-refractivity contribution in [2.24, 2.45) is 4.99 Å². The number of anilines is 2. The molecule has 6 heteroatoms. The lowest BCUT2D eigenvalue weighted by Crippen LogP contribution is -2.38. The van der Waals surface area contributed by atoms with E-state index in [1.807, 2.05) is 49.4 Å². The number of carbonyl (C=O) groups excluding carboxylic acids is 2. The third-order valence-electron chi connectivity index (χ3n) is 4.88. The van der Waals surface area contributed by atoms with Gasteiger partial charge in [0.1, 0.15) is 6.54 Å². The summed E-state index contributed by atoms with van der Waals surface area (Å²) in [5, 5.41) is 3.22. The molecule has 4 rings (SSSR count). The molecule has 0 unspecified atom stereocenters. The number of carbonyl (C=O) groups is 2. The van der Waals surface area contributed by atoms with E-state index in [0.717, 1.165) is 11.1 Å². The SMILES string of the molecule is Cc1ccc(C2=Nc3ccccc3N(CC(=O)Nc3ccccc3Cl)C(=O)C2)cc1. The average molecular weight is 418 g/mol. The number of benzene rings is 3. The Morgan fingerprint density at radius 3 is 2.50 bits per heavy atom. The van der Waals surface area contributed by atoms with Crippen LogP contribution < -0.4 is 10.2 Å². The zero-order valence-electron chi connectivity index (χ0n) is 16.4. The fourth-order valence-corrected chi connectivity index (χ4v) is 3.51. The highest BCUT2D eigenvalue weighted by molar-refractivity contribution is 6.33. The number of rotatable bonds is 4. The topological polar surface area (TPSA) is 61.8 Å². The Morgan fingerprint density at radius 2 is 1.73 bits per heavy atom. The quantitative estimate of drug-likeness (QED) is 0.638. The molecule has 0 saturated heterocycles. The molecule has 1 N–H and O–H groups in total. The molecule has 2 amide bonds. The number of nitrogens with zero attached hydrogens (tertiary/aromatic N) is 2. The van der Waals surface area contributed by atoms with Gasteiger partial charge in [0.15, 0.2) is 0 Å². The van der Waals surface area contributed by atoms with E-state index in [2.05, 4.69) is 5.32 Å². The Labute approximate surface area is 180 Å². The fraction of sp³-hybridized carbons (Fsp3) is 0.125. The van der Waals surface area contributed by atoms with Crippen molar-refractivity contribution in [1.82, 2.24) is 0 Å². The van der Waals surface area contributed by atoms with Crippen molar-refractivity contribution in [3.05, 3.63) is 88.9 Å². The molecule has 30 heavy (non-hydrogen) atoms. The zero-order chi connectivity index (χ0) is 21.1. The Hall–Kier alpha value is -3.44. The lowest BCUT2D eigenvalue weighted by Gasteiger charge is -2.22. The zero-order valence-corrected chi connectivity index (χ0v) is 17.2. The first-order valence-electron chi connectivity index (χ1n) is 9.59. The predicted octanol–water partition coefficient (Wildman–Crippen LogP) is 5.14.